The van der Waals surface area contributed by atoms with Crippen LogP contribution in [0.1, 0.15) is 19.3 Å². The zero-order valence-corrected chi connectivity index (χ0v) is 8.40. The maximum atomic E-state index is 3.47. The molecular formula is C8H15NS2. The Hall–Kier alpha value is 0.660. The van der Waals surface area contributed by atoms with Gasteiger partial charge in [-0.15, -0.1) is 23.5 Å². The fraction of sp³-hybridized carbons (Fsp3) is 1.00. The second-order valence-corrected chi connectivity index (χ2v) is 6.43. The van der Waals surface area contributed by atoms with Gasteiger partial charge in [0.1, 0.15) is 0 Å². The summed E-state index contributed by atoms with van der Waals surface area (Å²) in [6, 6.07) is 0. The van der Waals surface area contributed by atoms with Gasteiger partial charge in [-0.25, -0.2) is 0 Å². The number of hydrogen-bond acceptors (Lipinski definition) is 3. The maximum Gasteiger partial charge on any atom is 0.0624 e. The summed E-state index contributed by atoms with van der Waals surface area (Å²) in [7, 11) is 0. The first-order chi connectivity index (χ1) is 5.41. The molecule has 1 N–H and O–H groups in total. The molecule has 0 aliphatic carbocycles. The first-order valence-corrected chi connectivity index (χ1v) is 6.37. The Balaban J connectivity index is 1.97. The van der Waals surface area contributed by atoms with E-state index in [1.54, 1.807) is 0 Å². The van der Waals surface area contributed by atoms with Crippen LogP contribution in [0.2, 0.25) is 0 Å². The van der Waals surface area contributed by atoms with Gasteiger partial charge in [-0.2, -0.15) is 0 Å². The smallest absolute Gasteiger partial charge is 0.0624 e. The summed E-state index contributed by atoms with van der Waals surface area (Å²) >= 11 is 4.40. The fourth-order valence-electron chi connectivity index (χ4n) is 1.80. The monoisotopic (exact) mass is 189 g/mol. The van der Waals surface area contributed by atoms with Gasteiger partial charge < -0.3 is 5.32 Å². The van der Waals surface area contributed by atoms with Crippen molar-refractivity contribution in [3.05, 3.63) is 0 Å². The van der Waals surface area contributed by atoms with Gasteiger partial charge >= 0.3 is 0 Å². The number of nitrogens with one attached hydrogen (secondary N) is 1. The Morgan fingerprint density at radius 2 is 1.82 bits per heavy atom. The molecule has 0 amide bonds. The van der Waals surface area contributed by atoms with Crippen LogP contribution in [0.15, 0.2) is 0 Å². The number of hydrogen-bond donors (Lipinski definition) is 1. The Morgan fingerprint density at radius 1 is 1.00 bits per heavy atom. The molecule has 2 aliphatic heterocycles. The summed E-state index contributed by atoms with van der Waals surface area (Å²) in [5, 5.41) is 3.47. The molecule has 2 saturated heterocycles. The van der Waals surface area contributed by atoms with E-state index >= 15 is 0 Å². The SMILES string of the molecule is C1CNCCC2(C1)SCCS2. The van der Waals surface area contributed by atoms with Crippen LogP contribution in [0.25, 0.3) is 0 Å². The first-order valence-electron chi connectivity index (χ1n) is 4.40. The number of thioether (sulfide) groups is 2. The molecule has 3 heteroatoms. The van der Waals surface area contributed by atoms with Gasteiger partial charge in [0.15, 0.2) is 0 Å². The molecule has 0 unspecified atom stereocenters. The molecule has 0 aromatic heterocycles. The highest BCUT2D eigenvalue weighted by Gasteiger charge is 2.35. The molecule has 1 spiro atoms. The van der Waals surface area contributed by atoms with Crippen LogP contribution in [0.5, 0.6) is 0 Å². The molecule has 2 rings (SSSR count). The van der Waals surface area contributed by atoms with Crippen LogP contribution in [-0.2, 0) is 0 Å². The van der Waals surface area contributed by atoms with Crippen molar-refractivity contribution in [2.75, 3.05) is 24.6 Å². The standard InChI is InChI=1S/C8H15NS2/c1-2-8(3-5-9-4-1)10-6-7-11-8/h9H,1-7H2. The molecular weight excluding hydrogens is 174 g/mol. The quantitative estimate of drug-likeness (QED) is 0.625. The van der Waals surface area contributed by atoms with E-state index in [1.807, 2.05) is 0 Å². The average Bonchev–Trinajstić information content (AvgIpc) is 2.32. The van der Waals surface area contributed by atoms with Crippen LogP contribution < -0.4 is 5.32 Å². The van der Waals surface area contributed by atoms with Crippen LogP contribution in [-0.4, -0.2) is 28.7 Å². The minimum absolute atomic E-state index is 0.628. The van der Waals surface area contributed by atoms with Crippen molar-refractivity contribution in [2.24, 2.45) is 0 Å². The third-order valence-corrected chi connectivity index (χ3v) is 6.06. The Morgan fingerprint density at radius 3 is 2.64 bits per heavy atom. The number of rotatable bonds is 0. The Kier molecular flexibility index (Phi) is 2.69. The maximum absolute atomic E-state index is 3.47. The molecule has 1 nitrogen and oxygen atoms in total. The second kappa shape index (κ2) is 3.58. The highest BCUT2D eigenvalue weighted by Crippen LogP contribution is 2.49. The van der Waals surface area contributed by atoms with E-state index in [9.17, 15) is 0 Å². The second-order valence-electron chi connectivity index (χ2n) is 3.21. The molecule has 0 aromatic rings. The molecule has 0 aromatic carbocycles. The summed E-state index contributed by atoms with van der Waals surface area (Å²) in [5.41, 5.74) is 0. The van der Waals surface area contributed by atoms with Gasteiger partial charge in [0, 0.05) is 11.5 Å². The van der Waals surface area contributed by atoms with Gasteiger partial charge in [-0.1, -0.05) is 0 Å². The highest BCUT2D eigenvalue weighted by atomic mass is 32.2. The lowest BCUT2D eigenvalue weighted by Gasteiger charge is -2.24. The van der Waals surface area contributed by atoms with Gasteiger partial charge in [-0.05, 0) is 32.4 Å². The molecule has 0 bridgehead atoms. The topological polar surface area (TPSA) is 12.0 Å². The Labute approximate surface area is 77.1 Å². The van der Waals surface area contributed by atoms with Gasteiger partial charge in [-0.3, -0.25) is 0 Å². The normalized spacial score (nSPS) is 30.5. The molecule has 0 radical (unpaired) electrons. The van der Waals surface area contributed by atoms with Crippen molar-refractivity contribution in [2.45, 2.75) is 23.3 Å². The summed E-state index contributed by atoms with van der Waals surface area (Å²) < 4.78 is 0.628. The third-order valence-electron chi connectivity index (χ3n) is 2.41. The van der Waals surface area contributed by atoms with Gasteiger partial charge in [0.25, 0.3) is 0 Å². The van der Waals surface area contributed by atoms with Gasteiger partial charge in [0.05, 0.1) is 4.08 Å². The molecule has 2 aliphatic rings. The van der Waals surface area contributed by atoms with Crippen molar-refractivity contribution in [3.8, 4) is 0 Å². The van der Waals surface area contributed by atoms with Crippen LogP contribution in [0, 0.1) is 0 Å². The largest absolute Gasteiger partial charge is 0.317 e. The average molecular weight is 189 g/mol. The van der Waals surface area contributed by atoms with Crippen molar-refractivity contribution in [3.63, 3.8) is 0 Å². The van der Waals surface area contributed by atoms with E-state index in [0.717, 1.165) is 0 Å². The predicted molar refractivity (Wildman–Crippen MR) is 54.4 cm³/mol. The Bertz CT molecular complexity index is 122. The zero-order valence-electron chi connectivity index (χ0n) is 6.77. The van der Waals surface area contributed by atoms with Gasteiger partial charge in [0.2, 0.25) is 0 Å². The summed E-state index contributed by atoms with van der Waals surface area (Å²) in [5.74, 6) is 2.76. The van der Waals surface area contributed by atoms with Crippen molar-refractivity contribution >= 4 is 23.5 Å². The minimum Gasteiger partial charge on any atom is -0.317 e. The van der Waals surface area contributed by atoms with E-state index < -0.39 is 0 Å². The van der Waals surface area contributed by atoms with Crippen LogP contribution in [0.4, 0.5) is 0 Å². The van der Waals surface area contributed by atoms with E-state index in [4.69, 9.17) is 0 Å². The van der Waals surface area contributed by atoms with E-state index in [1.165, 1.54) is 43.9 Å². The molecule has 0 atom stereocenters. The van der Waals surface area contributed by atoms with Crippen molar-refractivity contribution in [1.29, 1.82) is 0 Å². The summed E-state index contributed by atoms with van der Waals surface area (Å²) in [4.78, 5) is 0. The van der Waals surface area contributed by atoms with Crippen molar-refractivity contribution < 1.29 is 0 Å². The van der Waals surface area contributed by atoms with Crippen LogP contribution >= 0.6 is 23.5 Å². The zero-order chi connectivity index (χ0) is 7.57. The van der Waals surface area contributed by atoms with E-state index in [-0.39, 0.29) is 0 Å². The third kappa shape index (κ3) is 1.87. The molecule has 64 valence electrons. The summed E-state index contributed by atoms with van der Waals surface area (Å²) in [6.07, 6.45) is 4.18. The lowest BCUT2D eigenvalue weighted by atomic mass is 10.2. The minimum atomic E-state index is 0.628. The van der Waals surface area contributed by atoms with Crippen LogP contribution in [0.3, 0.4) is 0 Å². The highest BCUT2D eigenvalue weighted by molar-refractivity contribution is 8.21. The fourth-order valence-corrected chi connectivity index (χ4v) is 5.11. The van der Waals surface area contributed by atoms with Crippen molar-refractivity contribution in [1.82, 2.24) is 5.32 Å². The lowest BCUT2D eigenvalue weighted by molar-refractivity contribution is 0.698. The molecule has 2 heterocycles. The summed E-state index contributed by atoms with van der Waals surface area (Å²) in [6.45, 7) is 2.48. The molecule has 2 fully saturated rings. The molecule has 0 saturated carbocycles. The lowest BCUT2D eigenvalue weighted by Crippen LogP contribution is -2.19. The first kappa shape index (κ1) is 8.27. The van der Waals surface area contributed by atoms with E-state index in [0.29, 0.717) is 4.08 Å². The molecule has 11 heavy (non-hydrogen) atoms. The predicted octanol–water partition coefficient (Wildman–Crippen LogP) is 1.94. The van der Waals surface area contributed by atoms with E-state index in [2.05, 4.69) is 28.8 Å².